The summed E-state index contributed by atoms with van der Waals surface area (Å²) < 4.78 is 2.39. The first kappa shape index (κ1) is 20.8. The highest BCUT2D eigenvalue weighted by Crippen LogP contribution is 2.49. The molecule has 0 amide bonds. The maximum Gasteiger partial charge on any atom is 0.0572 e. The lowest BCUT2D eigenvalue weighted by Crippen LogP contribution is -1.94. The maximum atomic E-state index is 4.50. The molecule has 8 aromatic rings. The average Bonchev–Trinajstić information content (AvgIpc) is 3.52. The van der Waals surface area contributed by atoms with Crippen LogP contribution in [0.5, 0.6) is 0 Å². The van der Waals surface area contributed by atoms with Gasteiger partial charge in [-0.2, -0.15) is 0 Å². The molecule has 180 valence electrons. The van der Waals surface area contributed by atoms with Crippen LogP contribution in [0.1, 0.15) is 0 Å². The minimum Gasteiger partial charge on any atom is -0.309 e. The molecule has 9 rings (SSSR count). The second kappa shape index (κ2) is 7.66. The van der Waals surface area contributed by atoms with Crippen LogP contribution < -0.4 is 0 Å². The number of nitrogens with zero attached hydrogens (tertiary/aromatic N) is 2. The van der Waals surface area contributed by atoms with Crippen molar-refractivity contribution < 1.29 is 0 Å². The van der Waals surface area contributed by atoms with E-state index < -0.39 is 0 Å². The molecule has 2 heteroatoms. The van der Waals surface area contributed by atoms with E-state index in [1.807, 2.05) is 12.4 Å². The van der Waals surface area contributed by atoms with Crippen molar-refractivity contribution in [1.82, 2.24) is 9.55 Å². The monoisotopic (exact) mass is 494 g/mol. The van der Waals surface area contributed by atoms with Gasteiger partial charge in [-0.1, -0.05) is 97.1 Å². The van der Waals surface area contributed by atoms with Crippen molar-refractivity contribution in [2.45, 2.75) is 0 Å². The molecule has 2 heterocycles. The molecule has 0 fully saturated rings. The van der Waals surface area contributed by atoms with Gasteiger partial charge in [-0.25, -0.2) is 0 Å². The van der Waals surface area contributed by atoms with Gasteiger partial charge in [0, 0.05) is 28.9 Å². The molecule has 0 spiro atoms. The number of hydrogen-bond donors (Lipinski definition) is 0. The Balaban J connectivity index is 1.31. The van der Waals surface area contributed by atoms with Gasteiger partial charge in [0.25, 0.3) is 0 Å². The summed E-state index contributed by atoms with van der Waals surface area (Å²) in [5.74, 6) is 0. The van der Waals surface area contributed by atoms with E-state index in [1.54, 1.807) is 0 Å². The fourth-order valence-electron chi connectivity index (χ4n) is 6.78. The zero-order valence-electron chi connectivity index (χ0n) is 21.1. The summed E-state index contributed by atoms with van der Waals surface area (Å²) in [4.78, 5) is 4.50. The summed E-state index contributed by atoms with van der Waals surface area (Å²) in [6.07, 6.45) is 3.90. The first-order valence-corrected chi connectivity index (χ1v) is 13.4. The molecule has 1 aliphatic carbocycles. The fraction of sp³-hybridized carbons (Fsp3) is 0. The molecule has 0 N–H and O–H groups in total. The molecule has 0 saturated heterocycles. The van der Waals surface area contributed by atoms with E-state index in [2.05, 4.69) is 131 Å². The van der Waals surface area contributed by atoms with Crippen molar-refractivity contribution >= 4 is 43.4 Å². The second-order valence-corrected chi connectivity index (χ2v) is 10.4. The molecule has 0 saturated carbocycles. The first-order valence-electron chi connectivity index (χ1n) is 13.4. The second-order valence-electron chi connectivity index (χ2n) is 10.4. The van der Waals surface area contributed by atoms with Crippen LogP contribution >= 0.6 is 0 Å². The average molecular weight is 495 g/mol. The van der Waals surface area contributed by atoms with Gasteiger partial charge in [0.2, 0.25) is 0 Å². The minimum absolute atomic E-state index is 1.15. The summed E-state index contributed by atoms with van der Waals surface area (Å²) in [5.41, 5.74) is 11.3. The van der Waals surface area contributed by atoms with E-state index in [0.29, 0.717) is 0 Å². The zero-order valence-corrected chi connectivity index (χ0v) is 21.1. The van der Waals surface area contributed by atoms with Crippen molar-refractivity contribution in [3.63, 3.8) is 0 Å². The van der Waals surface area contributed by atoms with E-state index in [4.69, 9.17) is 0 Å². The van der Waals surface area contributed by atoms with E-state index in [1.165, 1.54) is 76.7 Å². The summed E-state index contributed by atoms with van der Waals surface area (Å²) in [5, 5.41) is 7.60. The Hall–Kier alpha value is -5.21. The van der Waals surface area contributed by atoms with Crippen LogP contribution in [-0.2, 0) is 0 Å². The highest BCUT2D eigenvalue weighted by molar-refractivity contribution is 6.21. The summed E-state index contributed by atoms with van der Waals surface area (Å²) >= 11 is 0. The van der Waals surface area contributed by atoms with Crippen LogP contribution in [0.3, 0.4) is 0 Å². The van der Waals surface area contributed by atoms with Gasteiger partial charge < -0.3 is 4.57 Å². The lowest BCUT2D eigenvalue weighted by molar-refractivity contribution is 1.18. The molecule has 2 nitrogen and oxygen atoms in total. The van der Waals surface area contributed by atoms with Crippen LogP contribution in [0.15, 0.2) is 134 Å². The number of hydrogen-bond acceptors (Lipinski definition) is 1. The third-order valence-electron chi connectivity index (χ3n) is 8.42. The molecule has 2 aromatic heterocycles. The molecule has 0 radical (unpaired) electrons. The Morgan fingerprint density at radius 1 is 0.462 bits per heavy atom. The molecule has 0 bridgehead atoms. The highest BCUT2D eigenvalue weighted by Gasteiger charge is 2.22. The summed E-state index contributed by atoms with van der Waals surface area (Å²) in [6.45, 7) is 0. The van der Waals surface area contributed by atoms with Gasteiger partial charge >= 0.3 is 0 Å². The molecule has 0 unspecified atom stereocenters. The van der Waals surface area contributed by atoms with Crippen LogP contribution in [0, 0.1) is 0 Å². The third-order valence-corrected chi connectivity index (χ3v) is 8.42. The molecule has 39 heavy (non-hydrogen) atoms. The van der Waals surface area contributed by atoms with Gasteiger partial charge in [-0.05, 0) is 79.2 Å². The molecule has 6 aromatic carbocycles. The summed E-state index contributed by atoms with van der Waals surface area (Å²) in [7, 11) is 0. The standard InChI is InChI=1S/C37H22N2/c1-2-10-27-23(7-1)15-18-35-37(27)33-22-38-20-19-34(33)39(35)25-9-5-8-24(21-25)26-16-17-32-29-12-4-3-11-28(29)31-14-6-13-30(26)36(31)32/h1-22H. The Morgan fingerprint density at radius 2 is 1.21 bits per heavy atom. The topological polar surface area (TPSA) is 17.8 Å². The Labute approximate surface area is 225 Å². The smallest absolute Gasteiger partial charge is 0.0572 e. The number of rotatable bonds is 2. The Morgan fingerprint density at radius 3 is 2.13 bits per heavy atom. The van der Waals surface area contributed by atoms with Crippen LogP contribution in [-0.4, -0.2) is 9.55 Å². The Kier molecular flexibility index (Phi) is 4.08. The maximum absolute atomic E-state index is 4.50. The van der Waals surface area contributed by atoms with E-state index >= 15 is 0 Å². The lowest BCUT2D eigenvalue weighted by Gasteiger charge is -2.13. The quantitative estimate of drug-likeness (QED) is 0.234. The van der Waals surface area contributed by atoms with Crippen LogP contribution in [0.25, 0.3) is 82.4 Å². The predicted molar refractivity (Wildman–Crippen MR) is 163 cm³/mol. The largest absolute Gasteiger partial charge is 0.309 e. The molecular formula is C37H22N2. The van der Waals surface area contributed by atoms with Gasteiger partial charge in [0.1, 0.15) is 0 Å². The number of pyridine rings is 1. The van der Waals surface area contributed by atoms with Gasteiger partial charge in [0.05, 0.1) is 11.0 Å². The van der Waals surface area contributed by atoms with Gasteiger partial charge in [-0.3, -0.25) is 4.98 Å². The van der Waals surface area contributed by atoms with E-state index in [0.717, 1.165) is 5.69 Å². The first-order chi connectivity index (χ1) is 19.4. The van der Waals surface area contributed by atoms with Crippen molar-refractivity contribution in [3.8, 4) is 39.1 Å². The van der Waals surface area contributed by atoms with Crippen molar-refractivity contribution in [2.75, 3.05) is 0 Å². The molecule has 0 aliphatic heterocycles. The SMILES string of the molecule is c1cc(-c2ccc3c4c(cccc24)-c2ccccc2-3)cc(-n2c3ccncc3c3c4ccccc4ccc32)c1. The minimum atomic E-state index is 1.15. The van der Waals surface area contributed by atoms with E-state index in [9.17, 15) is 0 Å². The molecule has 0 atom stereocenters. The summed E-state index contributed by atoms with van der Waals surface area (Å²) in [6, 6.07) is 44.3. The van der Waals surface area contributed by atoms with Crippen molar-refractivity contribution in [2.24, 2.45) is 0 Å². The third kappa shape index (κ3) is 2.78. The van der Waals surface area contributed by atoms with Crippen LogP contribution in [0.2, 0.25) is 0 Å². The van der Waals surface area contributed by atoms with Crippen molar-refractivity contribution in [3.05, 3.63) is 134 Å². The van der Waals surface area contributed by atoms with Crippen molar-refractivity contribution in [1.29, 1.82) is 0 Å². The number of fused-ring (bicyclic) bond motifs is 8. The fourth-order valence-corrected chi connectivity index (χ4v) is 6.78. The predicted octanol–water partition coefficient (Wildman–Crippen LogP) is 9.80. The van der Waals surface area contributed by atoms with Gasteiger partial charge in [0.15, 0.2) is 0 Å². The molecular weight excluding hydrogens is 472 g/mol. The lowest BCUT2D eigenvalue weighted by atomic mass is 9.94. The Bertz CT molecular complexity index is 2260. The number of aromatic nitrogens is 2. The number of benzene rings is 6. The van der Waals surface area contributed by atoms with Gasteiger partial charge in [-0.15, -0.1) is 0 Å². The van der Waals surface area contributed by atoms with E-state index in [-0.39, 0.29) is 0 Å². The molecule has 1 aliphatic rings. The zero-order chi connectivity index (χ0) is 25.5. The highest BCUT2D eigenvalue weighted by atomic mass is 15.0. The normalized spacial score (nSPS) is 12.1. The van der Waals surface area contributed by atoms with Crippen LogP contribution in [0.4, 0.5) is 0 Å².